The van der Waals surface area contributed by atoms with Crippen molar-refractivity contribution < 1.29 is 14.3 Å². The number of carbonyl (C=O) groups is 1. The highest BCUT2D eigenvalue weighted by Gasteiger charge is 2.36. The van der Waals surface area contributed by atoms with Gasteiger partial charge in [-0.05, 0) is 91.2 Å². The van der Waals surface area contributed by atoms with Crippen LogP contribution >= 0.6 is 11.8 Å². The minimum absolute atomic E-state index is 0.0283. The molecule has 0 aromatic heterocycles. The molecule has 1 amide bonds. The number of nitrogens with zero attached hydrogens (tertiary/aromatic N) is 2. The highest BCUT2D eigenvalue weighted by atomic mass is 32.2. The standard InChI is InChI=1S/C34H34N2O3S/c1-5-24(4)36-33(37)32(40-34(36)35-28-17-14-23(3)15-18-28)21-25-16-19-30(31(20-25)38-6-2)39-22-27-12-9-11-26-10-7-8-13-29(26)27/h7-21,24H,5-6,22H2,1-4H3/b32-21+,35-34?/t24-/m1/s1. The molecule has 5 rings (SSSR count). The molecule has 0 bridgehead atoms. The van der Waals surface area contributed by atoms with E-state index in [-0.39, 0.29) is 11.9 Å². The summed E-state index contributed by atoms with van der Waals surface area (Å²) in [6, 6.07) is 28.4. The molecule has 5 nitrogen and oxygen atoms in total. The molecule has 1 heterocycles. The number of amidine groups is 1. The first kappa shape index (κ1) is 27.5. The van der Waals surface area contributed by atoms with E-state index in [2.05, 4.69) is 44.2 Å². The molecular weight excluding hydrogens is 516 g/mol. The van der Waals surface area contributed by atoms with Crippen molar-refractivity contribution in [3.63, 3.8) is 0 Å². The van der Waals surface area contributed by atoms with E-state index in [1.165, 1.54) is 28.1 Å². The normalized spacial score (nSPS) is 16.2. The van der Waals surface area contributed by atoms with Crippen molar-refractivity contribution in [3.8, 4) is 11.5 Å². The number of ether oxygens (including phenoxy) is 2. The second-order valence-corrected chi connectivity index (χ2v) is 10.8. The molecule has 0 radical (unpaired) electrons. The van der Waals surface area contributed by atoms with Crippen molar-refractivity contribution in [1.29, 1.82) is 0 Å². The molecule has 4 aromatic rings. The largest absolute Gasteiger partial charge is 0.490 e. The average Bonchev–Trinajstić information content (AvgIpc) is 3.27. The van der Waals surface area contributed by atoms with Crippen molar-refractivity contribution in [1.82, 2.24) is 4.90 Å². The topological polar surface area (TPSA) is 51.1 Å². The summed E-state index contributed by atoms with van der Waals surface area (Å²) < 4.78 is 12.2. The number of aliphatic imine (C=N–C) groups is 1. The lowest BCUT2D eigenvalue weighted by Gasteiger charge is -2.22. The van der Waals surface area contributed by atoms with Crippen LogP contribution < -0.4 is 9.47 Å². The van der Waals surface area contributed by atoms with Gasteiger partial charge < -0.3 is 9.47 Å². The lowest BCUT2D eigenvalue weighted by Crippen LogP contribution is -2.36. The number of hydrogen-bond acceptors (Lipinski definition) is 5. The smallest absolute Gasteiger partial charge is 0.266 e. The van der Waals surface area contributed by atoms with Crippen LogP contribution in [0.25, 0.3) is 16.8 Å². The minimum Gasteiger partial charge on any atom is -0.490 e. The summed E-state index contributed by atoms with van der Waals surface area (Å²) in [5, 5.41) is 3.07. The van der Waals surface area contributed by atoms with Gasteiger partial charge in [0.1, 0.15) is 6.61 Å². The fraction of sp³-hybridized carbons (Fsp3) is 0.235. The van der Waals surface area contributed by atoms with Gasteiger partial charge in [0.25, 0.3) is 5.91 Å². The van der Waals surface area contributed by atoms with E-state index in [4.69, 9.17) is 14.5 Å². The van der Waals surface area contributed by atoms with Gasteiger partial charge in [-0.15, -0.1) is 0 Å². The molecule has 0 N–H and O–H groups in total. The highest BCUT2D eigenvalue weighted by molar-refractivity contribution is 8.18. The van der Waals surface area contributed by atoms with Gasteiger partial charge in [0.05, 0.1) is 17.2 Å². The number of rotatable bonds is 9. The number of thioether (sulfide) groups is 1. The van der Waals surface area contributed by atoms with Crippen LogP contribution in [0.3, 0.4) is 0 Å². The molecule has 4 aromatic carbocycles. The van der Waals surface area contributed by atoms with Gasteiger partial charge in [0.15, 0.2) is 16.7 Å². The maximum Gasteiger partial charge on any atom is 0.266 e. The van der Waals surface area contributed by atoms with Gasteiger partial charge in [-0.25, -0.2) is 4.99 Å². The Bertz CT molecular complexity index is 1570. The second kappa shape index (κ2) is 12.4. The molecule has 1 aliphatic heterocycles. The number of amides is 1. The zero-order valence-electron chi connectivity index (χ0n) is 23.4. The fourth-order valence-corrected chi connectivity index (χ4v) is 5.68. The van der Waals surface area contributed by atoms with Crippen LogP contribution in [0, 0.1) is 6.92 Å². The third-order valence-electron chi connectivity index (χ3n) is 6.96. The first-order valence-corrected chi connectivity index (χ1v) is 14.5. The lowest BCUT2D eigenvalue weighted by molar-refractivity contribution is -0.123. The fourth-order valence-electron chi connectivity index (χ4n) is 4.59. The predicted molar refractivity (Wildman–Crippen MR) is 166 cm³/mol. The van der Waals surface area contributed by atoms with Crippen LogP contribution in [0.5, 0.6) is 11.5 Å². The third-order valence-corrected chi connectivity index (χ3v) is 7.94. The quantitative estimate of drug-likeness (QED) is 0.196. The number of fused-ring (bicyclic) bond motifs is 1. The molecule has 6 heteroatoms. The van der Waals surface area contributed by atoms with Crippen molar-refractivity contribution >= 4 is 45.4 Å². The Hall–Kier alpha value is -4.03. The Kier molecular flexibility index (Phi) is 8.56. The summed E-state index contributed by atoms with van der Waals surface area (Å²) in [4.78, 5) is 20.8. The summed E-state index contributed by atoms with van der Waals surface area (Å²) in [7, 11) is 0. The first-order chi connectivity index (χ1) is 19.5. The lowest BCUT2D eigenvalue weighted by atomic mass is 10.1. The molecular formula is C34H34N2O3S. The first-order valence-electron chi connectivity index (χ1n) is 13.7. The molecule has 1 saturated heterocycles. The zero-order chi connectivity index (χ0) is 28.1. The van der Waals surface area contributed by atoms with Crippen LogP contribution in [-0.4, -0.2) is 28.6 Å². The maximum atomic E-state index is 13.5. The van der Waals surface area contributed by atoms with Crippen molar-refractivity contribution in [2.24, 2.45) is 4.99 Å². The monoisotopic (exact) mass is 550 g/mol. The molecule has 0 spiro atoms. The molecule has 1 atom stereocenters. The van der Waals surface area contributed by atoms with Gasteiger partial charge in [-0.1, -0.05) is 73.2 Å². The van der Waals surface area contributed by atoms with Crippen LogP contribution in [0.4, 0.5) is 5.69 Å². The Labute approximate surface area is 240 Å². The highest BCUT2D eigenvalue weighted by Crippen LogP contribution is 2.37. The van der Waals surface area contributed by atoms with Crippen LogP contribution in [0.2, 0.25) is 0 Å². The molecule has 0 aliphatic carbocycles. The summed E-state index contributed by atoms with van der Waals surface area (Å²) in [5.41, 5.74) is 4.00. The summed E-state index contributed by atoms with van der Waals surface area (Å²) in [6.45, 7) is 9.08. The van der Waals surface area contributed by atoms with Crippen molar-refractivity contribution in [2.75, 3.05) is 6.61 Å². The van der Waals surface area contributed by atoms with E-state index >= 15 is 0 Å². The van der Waals surface area contributed by atoms with E-state index < -0.39 is 0 Å². The SMILES string of the molecule is CCOc1cc(/C=C2/SC(=Nc3ccc(C)cc3)N([C@H](C)CC)C2=O)ccc1OCc1cccc2ccccc12. The molecule has 1 fully saturated rings. The van der Waals surface area contributed by atoms with Gasteiger partial charge in [-0.2, -0.15) is 0 Å². The summed E-state index contributed by atoms with van der Waals surface area (Å²) in [5.74, 6) is 1.30. The second-order valence-electron chi connectivity index (χ2n) is 9.84. The van der Waals surface area contributed by atoms with Crippen LogP contribution in [0.1, 0.15) is 43.9 Å². The average molecular weight is 551 g/mol. The number of benzene rings is 4. The Balaban J connectivity index is 1.41. The van der Waals surface area contributed by atoms with Gasteiger partial charge in [0.2, 0.25) is 0 Å². The van der Waals surface area contributed by atoms with E-state index in [0.717, 1.165) is 23.2 Å². The van der Waals surface area contributed by atoms with Gasteiger partial charge in [-0.3, -0.25) is 9.69 Å². The predicted octanol–water partition coefficient (Wildman–Crippen LogP) is 8.53. The molecule has 204 valence electrons. The molecule has 0 saturated carbocycles. The number of aryl methyl sites for hydroxylation is 1. The van der Waals surface area contributed by atoms with Gasteiger partial charge in [0, 0.05) is 6.04 Å². The summed E-state index contributed by atoms with van der Waals surface area (Å²) >= 11 is 1.41. The molecule has 1 aliphatic rings. The Morgan fingerprint density at radius 2 is 1.70 bits per heavy atom. The van der Waals surface area contributed by atoms with E-state index in [0.29, 0.717) is 34.8 Å². The number of carbonyl (C=O) groups excluding carboxylic acids is 1. The zero-order valence-corrected chi connectivity index (χ0v) is 24.2. The Morgan fingerprint density at radius 1 is 0.925 bits per heavy atom. The van der Waals surface area contributed by atoms with E-state index in [9.17, 15) is 4.79 Å². The molecule has 0 unspecified atom stereocenters. The minimum atomic E-state index is -0.0283. The van der Waals surface area contributed by atoms with E-state index in [1.54, 1.807) is 0 Å². The molecule has 40 heavy (non-hydrogen) atoms. The van der Waals surface area contributed by atoms with Gasteiger partial charge >= 0.3 is 0 Å². The maximum absolute atomic E-state index is 13.5. The van der Waals surface area contributed by atoms with Crippen molar-refractivity contribution in [2.45, 2.75) is 46.8 Å². The Morgan fingerprint density at radius 3 is 2.48 bits per heavy atom. The van der Waals surface area contributed by atoms with Crippen LogP contribution in [0.15, 0.2) is 94.8 Å². The van der Waals surface area contributed by atoms with Crippen molar-refractivity contribution in [3.05, 3.63) is 107 Å². The van der Waals surface area contributed by atoms with Crippen LogP contribution in [-0.2, 0) is 11.4 Å². The third kappa shape index (κ3) is 6.07. The number of hydrogen-bond donors (Lipinski definition) is 0. The van der Waals surface area contributed by atoms with E-state index in [1.807, 2.05) is 79.4 Å². The summed E-state index contributed by atoms with van der Waals surface area (Å²) in [6.07, 6.45) is 2.75.